The van der Waals surface area contributed by atoms with Gasteiger partial charge in [-0.3, -0.25) is 10.2 Å². The number of H-pyrrole nitrogens is 1. The molecule has 0 spiro atoms. The summed E-state index contributed by atoms with van der Waals surface area (Å²) in [7, 11) is 1.84. The van der Waals surface area contributed by atoms with E-state index in [0.717, 1.165) is 5.56 Å². The molecule has 0 saturated heterocycles. The lowest BCUT2D eigenvalue weighted by Crippen LogP contribution is -2.22. The second-order valence-corrected chi connectivity index (χ2v) is 5.13. The molecule has 0 aliphatic rings. The van der Waals surface area contributed by atoms with E-state index >= 15 is 0 Å². The highest BCUT2D eigenvalue weighted by Gasteiger charge is 2.11. The van der Waals surface area contributed by atoms with Crippen LogP contribution in [0, 0.1) is 5.41 Å². The number of hydrogen-bond acceptors (Lipinski definition) is 4. The van der Waals surface area contributed by atoms with E-state index in [1.807, 2.05) is 30.1 Å². The summed E-state index contributed by atoms with van der Waals surface area (Å²) in [5, 5.41) is 7.44. The van der Waals surface area contributed by atoms with Crippen molar-refractivity contribution in [1.82, 2.24) is 9.97 Å². The lowest BCUT2D eigenvalue weighted by Gasteiger charge is -2.19. The normalized spacial score (nSPS) is 10.3. The monoisotopic (exact) mass is 335 g/mol. The predicted molar refractivity (Wildman–Crippen MR) is 82.1 cm³/mol. The van der Waals surface area contributed by atoms with Crippen molar-refractivity contribution in [2.45, 2.75) is 6.54 Å². The average molecular weight is 336 g/mol. The van der Waals surface area contributed by atoms with Gasteiger partial charge in [-0.1, -0.05) is 18.2 Å². The zero-order valence-corrected chi connectivity index (χ0v) is 12.4. The number of nitrogens with two attached hydrogens (primary N) is 1. The van der Waals surface area contributed by atoms with Crippen LogP contribution in [-0.2, 0) is 6.54 Å². The molecule has 0 atom stereocenters. The summed E-state index contributed by atoms with van der Waals surface area (Å²) in [6, 6.07) is 7.41. The topological polar surface area (TPSA) is 98.9 Å². The summed E-state index contributed by atoms with van der Waals surface area (Å²) in [6.45, 7) is 0.552. The van der Waals surface area contributed by atoms with E-state index in [1.54, 1.807) is 6.07 Å². The number of amidine groups is 1. The quantitative estimate of drug-likeness (QED) is 0.581. The number of aromatic nitrogens is 2. The highest BCUT2D eigenvalue weighted by Crippen LogP contribution is 2.19. The number of aromatic amines is 1. The SMILES string of the molecule is CN(Cc1cccc(C(=N)N)c1)c1nc[nH]c(=O)c1Br. The van der Waals surface area contributed by atoms with Gasteiger partial charge < -0.3 is 15.6 Å². The van der Waals surface area contributed by atoms with Gasteiger partial charge in [-0.15, -0.1) is 0 Å². The van der Waals surface area contributed by atoms with Gasteiger partial charge in [-0.05, 0) is 27.6 Å². The minimum Gasteiger partial charge on any atom is -0.384 e. The van der Waals surface area contributed by atoms with Crippen LogP contribution in [0.1, 0.15) is 11.1 Å². The van der Waals surface area contributed by atoms with Crippen LogP contribution in [-0.4, -0.2) is 22.9 Å². The Labute approximate surface area is 124 Å². The Balaban J connectivity index is 2.25. The highest BCUT2D eigenvalue weighted by atomic mass is 79.9. The summed E-state index contributed by atoms with van der Waals surface area (Å²) in [6.07, 6.45) is 1.37. The minimum absolute atomic E-state index is 0.0324. The Hall–Kier alpha value is -2.15. The zero-order chi connectivity index (χ0) is 14.7. The summed E-state index contributed by atoms with van der Waals surface area (Å²) in [4.78, 5) is 20.0. The fraction of sp³-hybridized carbons (Fsp3) is 0.154. The van der Waals surface area contributed by atoms with Crippen LogP contribution in [0.15, 0.2) is 39.9 Å². The minimum atomic E-state index is -0.223. The molecule has 1 aromatic carbocycles. The molecule has 4 N–H and O–H groups in total. The Morgan fingerprint density at radius 2 is 2.30 bits per heavy atom. The maximum Gasteiger partial charge on any atom is 0.267 e. The lowest BCUT2D eigenvalue weighted by atomic mass is 10.1. The van der Waals surface area contributed by atoms with Crippen LogP contribution in [0.5, 0.6) is 0 Å². The molecule has 104 valence electrons. The van der Waals surface area contributed by atoms with E-state index < -0.39 is 0 Å². The molecule has 1 heterocycles. The van der Waals surface area contributed by atoms with Crippen molar-refractivity contribution in [2.75, 3.05) is 11.9 Å². The molecule has 1 aromatic heterocycles. The van der Waals surface area contributed by atoms with Crippen molar-refractivity contribution in [3.63, 3.8) is 0 Å². The third-order valence-electron chi connectivity index (χ3n) is 2.80. The van der Waals surface area contributed by atoms with Gasteiger partial charge in [0.1, 0.15) is 16.1 Å². The molecule has 0 aliphatic carbocycles. The smallest absolute Gasteiger partial charge is 0.267 e. The number of nitrogen functional groups attached to an aromatic ring is 1. The van der Waals surface area contributed by atoms with Gasteiger partial charge in [0.15, 0.2) is 0 Å². The standard InChI is InChI=1S/C13H14BrN5O/c1-19(12-10(14)13(20)18-7-17-12)6-8-3-2-4-9(5-8)11(15)16/h2-5,7H,6H2,1H3,(H3,15,16)(H,17,18,20). The Kier molecular flexibility index (Phi) is 4.19. The Morgan fingerprint density at radius 1 is 1.55 bits per heavy atom. The maximum absolute atomic E-state index is 11.5. The molecule has 0 bridgehead atoms. The summed E-state index contributed by atoms with van der Waals surface area (Å²) in [5.41, 5.74) is 6.91. The molecule has 0 saturated carbocycles. The van der Waals surface area contributed by atoms with Gasteiger partial charge in [-0.25, -0.2) is 4.98 Å². The lowest BCUT2D eigenvalue weighted by molar-refractivity contribution is 0.880. The number of benzene rings is 1. The van der Waals surface area contributed by atoms with E-state index in [0.29, 0.717) is 22.4 Å². The van der Waals surface area contributed by atoms with Crippen LogP contribution in [0.4, 0.5) is 5.82 Å². The molecular formula is C13H14BrN5O. The molecule has 0 amide bonds. The summed E-state index contributed by atoms with van der Waals surface area (Å²) >= 11 is 3.23. The fourth-order valence-corrected chi connectivity index (χ4v) is 2.35. The van der Waals surface area contributed by atoms with E-state index in [-0.39, 0.29) is 11.4 Å². The number of anilines is 1. The van der Waals surface area contributed by atoms with Gasteiger partial charge in [0.05, 0.1) is 6.33 Å². The molecular weight excluding hydrogens is 322 g/mol. The van der Waals surface area contributed by atoms with Crippen LogP contribution in [0.2, 0.25) is 0 Å². The number of nitrogens with one attached hydrogen (secondary N) is 2. The van der Waals surface area contributed by atoms with Crippen LogP contribution in [0.3, 0.4) is 0 Å². The van der Waals surface area contributed by atoms with E-state index in [9.17, 15) is 4.79 Å². The first-order valence-electron chi connectivity index (χ1n) is 5.86. The van der Waals surface area contributed by atoms with Crippen molar-refractivity contribution in [3.8, 4) is 0 Å². The van der Waals surface area contributed by atoms with Crippen molar-refractivity contribution in [2.24, 2.45) is 5.73 Å². The van der Waals surface area contributed by atoms with Gasteiger partial charge in [0.25, 0.3) is 5.56 Å². The largest absolute Gasteiger partial charge is 0.384 e. The third-order valence-corrected chi connectivity index (χ3v) is 3.51. The van der Waals surface area contributed by atoms with Crippen molar-refractivity contribution in [3.05, 3.63) is 56.5 Å². The third kappa shape index (κ3) is 3.05. The first-order chi connectivity index (χ1) is 9.49. The zero-order valence-electron chi connectivity index (χ0n) is 10.9. The van der Waals surface area contributed by atoms with Gasteiger partial charge in [0, 0.05) is 19.2 Å². The number of rotatable bonds is 4. The molecule has 6 nitrogen and oxygen atoms in total. The average Bonchev–Trinajstić information content (AvgIpc) is 2.42. The van der Waals surface area contributed by atoms with Gasteiger partial charge >= 0.3 is 0 Å². The summed E-state index contributed by atoms with van der Waals surface area (Å²) < 4.78 is 0.394. The van der Waals surface area contributed by atoms with E-state index in [1.165, 1.54) is 6.33 Å². The second kappa shape index (κ2) is 5.87. The van der Waals surface area contributed by atoms with Gasteiger partial charge in [0.2, 0.25) is 0 Å². The second-order valence-electron chi connectivity index (χ2n) is 4.34. The Bertz CT molecular complexity index is 697. The number of hydrogen-bond donors (Lipinski definition) is 3. The molecule has 20 heavy (non-hydrogen) atoms. The number of nitrogens with zero attached hydrogens (tertiary/aromatic N) is 2. The van der Waals surface area contributed by atoms with Crippen LogP contribution >= 0.6 is 15.9 Å². The molecule has 0 fully saturated rings. The van der Waals surface area contributed by atoms with Crippen molar-refractivity contribution >= 4 is 27.6 Å². The first-order valence-corrected chi connectivity index (χ1v) is 6.66. The molecule has 0 radical (unpaired) electrons. The molecule has 2 aromatic rings. The molecule has 0 aliphatic heterocycles. The van der Waals surface area contributed by atoms with Crippen LogP contribution < -0.4 is 16.2 Å². The molecule has 2 rings (SSSR count). The van der Waals surface area contributed by atoms with Crippen molar-refractivity contribution < 1.29 is 0 Å². The highest BCUT2D eigenvalue weighted by molar-refractivity contribution is 9.10. The molecule has 0 unspecified atom stereocenters. The van der Waals surface area contributed by atoms with Crippen LogP contribution in [0.25, 0.3) is 0 Å². The molecule has 7 heteroatoms. The van der Waals surface area contributed by atoms with Gasteiger partial charge in [-0.2, -0.15) is 0 Å². The first kappa shape index (κ1) is 14.3. The Morgan fingerprint density at radius 3 is 3.00 bits per heavy atom. The van der Waals surface area contributed by atoms with E-state index in [2.05, 4.69) is 25.9 Å². The van der Waals surface area contributed by atoms with E-state index in [4.69, 9.17) is 11.1 Å². The number of halogens is 1. The fourth-order valence-electron chi connectivity index (χ4n) is 1.83. The maximum atomic E-state index is 11.5. The predicted octanol–water partition coefficient (Wildman–Crippen LogP) is 1.45. The summed E-state index contributed by atoms with van der Waals surface area (Å²) in [5.74, 6) is 0.590. The van der Waals surface area contributed by atoms with Crippen molar-refractivity contribution in [1.29, 1.82) is 5.41 Å².